The first kappa shape index (κ1) is 17.7. The molecular formula is C17H34O2Si. The maximum Gasteiger partial charge on any atom is 0.311 e. The highest BCUT2D eigenvalue weighted by atomic mass is 28.3. The molecule has 3 heteroatoms. The van der Waals surface area contributed by atoms with Gasteiger partial charge >= 0.3 is 5.97 Å². The Hall–Kier alpha value is -0.313. The van der Waals surface area contributed by atoms with Crippen LogP contribution in [0.5, 0.6) is 0 Å². The SMILES string of the molecule is CC(C)(C)C(=O)OCCC1C[Si]1(C(C)(C)C)C(C)(C)C. The quantitative estimate of drug-likeness (QED) is 0.515. The van der Waals surface area contributed by atoms with Crippen molar-refractivity contribution in [2.45, 2.75) is 90.4 Å². The standard InChI is InChI=1S/C17H34O2Si/c1-15(2,3)14(18)19-11-10-13-12-20(13,16(4,5)6)17(7,8)9/h13H,10-12H2,1-9H3. The molecule has 0 saturated carbocycles. The van der Waals surface area contributed by atoms with Gasteiger partial charge in [0, 0.05) is 0 Å². The van der Waals surface area contributed by atoms with Crippen molar-refractivity contribution in [2.24, 2.45) is 5.41 Å². The number of hydrogen-bond acceptors (Lipinski definition) is 2. The summed E-state index contributed by atoms with van der Waals surface area (Å²) in [5.74, 6) is -0.0723. The molecule has 2 nitrogen and oxygen atoms in total. The van der Waals surface area contributed by atoms with E-state index in [1.807, 2.05) is 20.8 Å². The first-order valence-corrected chi connectivity index (χ1v) is 10.2. The average Bonchev–Trinajstić information content (AvgIpc) is 2.90. The minimum absolute atomic E-state index is 0.0723. The minimum atomic E-state index is -1.30. The van der Waals surface area contributed by atoms with E-state index >= 15 is 0 Å². The smallest absolute Gasteiger partial charge is 0.311 e. The number of rotatable bonds is 3. The van der Waals surface area contributed by atoms with Gasteiger partial charge in [0.2, 0.25) is 0 Å². The molecule has 0 spiro atoms. The van der Waals surface area contributed by atoms with Crippen LogP contribution in [0, 0.1) is 5.41 Å². The summed E-state index contributed by atoms with van der Waals surface area (Å²) in [6.45, 7) is 20.8. The van der Waals surface area contributed by atoms with Gasteiger partial charge in [0.05, 0.1) is 20.1 Å². The molecule has 20 heavy (non-hydrogen) atoms. The van der Waals surface area contributed by atoms with Crippen molar-refractivity contribution >= 4 is 14.0 Å². The Kier molecular flexibility index (Phi) is 4.57. The molecule has 0 aromatic carbocycles. The van der Waals surface area contributed by atoms with Crippen LogP contribution in [-0.4, -0.2) is 20.7 Å². The van der Waals surface area contributed by atoms with E-state index in [1.165, 1.54) is 6.04 Å². The van der Waals surface area contributed by atoms with E-state index in [9.17, 15) is 4.79 Å². The molecule has 0 N–H and O–H groups in total. The maximum atomic E-state index is 11.8. The minimum Gasteiger partial charge on any atom is -0.465 e. The van der Waals surface area contributed by atoms with Gasteiger partial charge in [-0.3, -0.25) is 4.79 Å². The molecule has 0 aromatic rings. The summed E-state index contributed by atoms with van der Waals surface area (Å²) >= 11 is 0. The first-order valence-electron chi connectivity index (χ1n) is 7.91. The zero-order valence-electron chi connectivity index (χ0n) is 15.0. The normalized spacial score (nSPS) is 22.6. The second kappa shape index (κ2) is 5.15. The predicted octanol–water partition coefficient (Wildman–Crippen LogP) is 5.40. The third kappa shape index (κ3) is 3.29. The molecule has 118 valence electrons. The van der Waals surface area contributed by atoms with Gasteiger partial charge < -0.3 is 4.74 Å². The Labute approximate surface area is 126 Å². The van der Waals surface area contributed by atoms with Gasteiger partial charge in [0.1, 0.15) is 0 Å². The Morgan fingerprint density at radius 2 is 1.45 bits per heavy atom. The van der Waals surface area contributed by atoms with Crippen molar-refractivity contribution in [3.63, 3.8) is 0 Å². The zero-order chi connectivity index (χ0) is 16.0. The number of ether oxygens (including phenoxy) is 1. The molecule has 0 aromatic heterocycles. The van der Waals surface area contributed by atoms with Crippen LogP contribution >= 0.6 is 0 Å². The molecule has 0 aliphatic carbocycles. The molecule has 1 fully saturated rings. The molecule has 1 unspecified atom stereocenters. The Bertz CT molecular complexity index is 352. The lowest BCUT2D eigenvalue weighted by molar-refractivity contribution is -0.152. The third-order valence-electron chi connectivity index (χ3n) is 5.09. The van der Waals surface area contributed by atoms with Crippen LogP contribution in [-0.2, 0) is 9.53 Å². The van der Waals surface area contributed by atoms with Gasteiger partial charge in [0.15, 0.2) is 0 Å². The molecule has 1 heterocycles. The highest BCUT2D eigenvalue weighted by Gasteiger charge is 2.67. The summed E-state index contributed by atoms with van der Waals surface area (Å²) < 4.78 is 5.46. The summed E-state index contributed by atoms with van der Waals surface area (Å²) in [5, 5.41) is 0.869. The number of esters is 1. The van der Waals surface area contributed by atoms with Gasteiger partial charge in [-0.05, 0) is 42.8 Å². The molecule has 1 saturated heterocycles. The molecule has 0 radical (unpaired) electrons. The fraction of sp³-hybridized carbons (Fsp3) is 0.941. The lowest BCUT2D eigenvalue weighted by atomic mass is 9.97. The van der Waals surface area contributed by atoms with Crippen LogP contribution < -0.4 is 0 Å². The van der Waals surface area contributed by atoms with E-state index in [2.05, 4.69) is 41.5 Å². The molecule has 1 atom stereocenters. The van der Waals surface area contributed by atoms with Crippen LogP contribution in [0.2, 0.25) is 21.7 Å². The molecule has 1 aliphatic rings. The Morgan fingerprint density at radius 1 is 1.00 bits per heavy atom. The summed E-state index contributed by atoms with van der Waals surface area (Å²) in [5.41, 5.74) is 0.432. The lowest BCUT2D eigenvalue weighted by Crippen LogP contribution is -2.39. The van der Waals surface area contributed by atoms with Crippen LogP contribution in [0.4, 0.5) is 0 Å². The van der Waals surface area contributed by atoms with E-state index in [-0.39, 0.29) is 11.4 Å². The van der Waals surface area contributed by atoms with Crippen molar-refractivity contribution in [2.75, 3.05) is 6.61 Å². The van der Waals surface area contributed by atoms with Crippen LogP contribution in [0.15, 0.2) is 0 Å². The second-order valence-corrected chi connectivity index (χ2v) is 15.7. The summed E-state index contributed by atoms with van der Waals surface area (Å²) in [4.78, 5) is 11.8. The second-order valence-electron chi connectivity index (χ2n) is 9.55. The van der Waals surface area contributed by atoms with Crippen LogP contribution in [0.3, 0.4) is 0 Å². The fourth-order valence-electron chi connectivity index (χ4n) is 4.15. The molecule has 1 aliphatic heterocycles. The summed E-state index contributed by atoms with van der Waals surface area (Å²) in [7, 11) is -1.30. The highest BCUT2D eigenvalue weighted by Crippen LogP contribution is 2.72. The van der Waals surface area contributed by atoms with Crippen molar-refractivity contribution < 1.29 is 9.53 Å². The number of carbonyl (C=O) groups excluding carboxylic acids is 1. The van der Waals surface area contributed by atoms with E-state index in [4.69, 9.17) is 4.74 Å². The summed E-state index contributed by atoms with van der Waals surface area (Å²) in [6, 6.07) is 1.40. The average molecular weight is 299 g/mol. The van der Waals surface area contributed by atoms with Crippen molar-refractivity contribution in [3.05, 3.63) is 0 Å². The van der Waals surface area contributed by atoms with E-state index in [0.29, 0.717) is 16.7 Å². The van der Waals surface area contributed by atoms with Crippen LogP contribution in [0.25, 0.3) is 0 Å². The van der Waals surface area contributed by atoms with Gasteiger partial charge in [-0.25, -0.2) is 0 Å². The number of hydrogen-bond donors (Lipinski definition) is 0. The van der Waals surface area contributed by atoms with Gasteiger partial charge in [0.25, 0.3) is 0 Å². The molecule has 0 amide bonds. The van der Waals surface area contributed by atoms with Gasteiger partial charge in [-0.1, -0.05) is 47.6 Å². The van der Waals surface area contributed by atoms with Crippen molar-refractivity contribution in [1.29, 1.82) is 0 Å². The highest BCUT2D eigenvalue weighted by molar-refractivity contribution is 6.95. The third-order valence-corrected chi connectivity index (χ3v) is 12.9. The fourth-order valence-corrected chi connectivity index (χ4v) is 12.2. The Morgan fingerprint density at radius 3 is 1.75 bits per heavy atom. The lowest BCUT2D eigenvalue weighted by Gasteiger charge is -2.41. The first-order chi connectivity index (χ1) is 8.73. The molecule has 1 rings (SSSR count). The predicted molar refractivity (Wildman–Crippen MR) is 88.8 cm³/mol. The monoisotopic (exact) mass is 298 g/mol. The van der Waals surface area contributed by atoms with Gasteiger partial charge in [-0.15, -0.1) is 0 Å². The number of carbonyl (C=O) groups is 1. The topological polar surface area (TPSA) is 26.3 Å². The van der Waals surface area contributed by atoms with E-state index in [1.54, 1.807) is 0 Å². The van der Waals surface area contributed by atoms with E-state index in [0.717, 1.165) is 12.0 Å². The van der Waals surface area contributed by atoms with Gasteiger partial charge in [-0.2, -0.15) is 0 Å². The van der Waals surface area contributed by atoms with Crippen molar-refractivity contribution in [3.8, 4) is 0 Å². The Balaban J connectivity index is 2.59. The van der Waals surface area contributed by atoms with E-state index < -0.39 is 8.07 Å². The molecule has 0 bridgehead atoms. The van der Waals surface area contributed by atoms with Crippen LogP contribution in [0.1, 0.15) is 68.7 Å². The molecular weight excluding hydrogens is 264 g/mol. The largest absolute Gasteiger partial charge is 0.465 e. The zero-order valence-corrected chi connectivity index (χ0v) is 16.0. The maximum absolute atomic E-state index is 11.8. The summed E-state index contributed by atoms with van der Waals surface area (Å²) in [6.07, 6.45) is 1.06. The van der Waals surface area contributed by atoms with Crippen molar-refractivity contribution in [1.82, 2.24) is 0 Å².